The molecule has 2 bridgehead atoms. The SMILES string of the molecule is O=C(O)CNC(=O)C1C/C=C/CCCCNC(=O)c2csc(n2)N[C@H](Cc2ccccc2)C(=O)N1. The van der Waals surface area contributed by atoms with E-state index in [9.17, 15) is 19.2 Å². The molecule has 0 saturated carbocycles. The van der Waals surface area contributed by atoms with E-state index in [2.05, 4.69) is 26.3 Å². The Kier molecular flexibility index (Phi) is 9.79. The van der Waals surface area contributed by atoms with Crippen molar-refractivity contribution in [3.8, 4) is 0 Å². The first kappa shape index (κ1) is 25.9. The highest BCUT2D eigenvalue weighted by Crippen LogP contribution is 2.18. The van der Waals surface area contributed by atoms with Crippen LogP contribution in [0.4, 0.5) is 5.13 Å². The van der Waals surface area contributed by atoms with Gasteiger partial charge in [-0.1, -0.05) is 42.5 Å². The van der Waals surface area contributed by atoms with Crippen LogP contribution in [0.25, 0.3) is 0 Å². The third-order valence-corrected chi connectivity index (χ3v) is 6.08. The van der Waals surface area contributed by atoms with Crippen molar-refractivity contribution in [1.29, 1.82) is 0 Å². The Morgan fingerprint density at radius 1 is 1.11 bits per heavy atom. The summed E-state index contributed by atoms with van der Waals surface area (Å²) < 4.78 is 0. The second-order valence-electron chi connectivity index (χ2n) is 8.06. The Balaban J connectivity index is 1.84. The maximum Gasteiger partial charge on any atom is 0.322 e. The third kappa shape index (κ3) is 8.53. The maximum atomic E-state index is 13.3. The van der Waals surface area contributed by atoms with Crippen molar-refractivity contribution in [2.75, 3.05) is 18.4 Å². The minimum atomic E-state index is -1.17. The fraction of sp³-hybridized carbons (Fsp3) is 0.375. The number of anilines is 1. The smallest absolute Gasteiger partial charge is 0.322 e. The van der Waals surface area contributed by atoms with E-state index >= 15 is 0 Å². The van der Waals surface area contributed by atoms with Crippen LogP contribution in [-0.4, -0.2) is 59.0 Å². The number of fused-ring (bicyclic) bond motifs is 2. The topological polar surface area (TPSA) is 150 Å². The molecule has 1 aromatic carbocycles. The molecule has 2 heterocycles. The van der Waals surface area contributed by atoms with Crippen molar-refractivity contribution in [3.63, 3.8) is 0 Å². The summed E-state index contributed by atoms with van der Waals surface area (Å²) in [5.41, 5.74) is 1.17. The second-order valence-corrected chi connectivity index (χ2v) is 8.91. The van der Waals surface area contributed by atoms with E-state index < -0.39 is 36.4 Å². The summed E-state index contributed by atoms with van der Waals surface area (Å²) in [6.45, 7) is -0.0204. The molecule has 1 aliphatic heterocycles. The number of nitrogens with zero attached hydrogens (tertiary/aromatic N) is 1. The number of allylic oxidation sites excluding steroid dienone is 1. The zero-order valence-electron chi connectivity index (χ0n) is 19.2. The number of nitrogens with one attached hydrogen (secondary N) is 4. The Bertz CT molecular complexity index is 1060. The molecule has 35 heavy (non-hydrogen) atoms. The summed E-state index contributed by atoms with van der Waals surface area (Å²) in [5, 5.41) is 22.0. The number of aliphatic carboxylic acids is 1. The molecule has 3 amide bonds. The number of carbonyl (C=O) groups is 4. The number of thiazole rings is 1. The van der Waals surface area contributed by atoms with Crippen LogP contribution in [0.2, 0.25) is 0 Å². The molecular formula is C24H29N5O5S. The zero-order chi connectivity index (χ0) is 25.0. The zero-order valence-corrected chi connectivity index (χ0v) is 20.0. The molecule has 0 saturated heterocycles. The molecule has 186 valence electrons. The van der Waals surface area contributed by atoms with E-state index in [4.69, 9.17) is 5.11 Å². The van der Waals surface area contributed by atoms with E-state index in [-0.39, 0.29) is 18.0 Å². The van der Waals surface area contributed by atoms with Gasteiger partial charge in [-0.2, -0.15) is 0 Å². The van der Waals surface area contributed by atoms with E-state index in [1.54, 1.807) is 11.5 Å². The first-order chi connectivity index (χ1) is 16.9. The summed E-state index contributed by atoms with van der Waals surface area (Å²) in [6.07, 6.45) is 6.60. The molecular weight excluding hydrogens is 470 g/mol. The van der Waals surface area contributed by atoms with Crippen LogP contribution in [0, 0.1) is 0 Å². The van der Waals surface area contributed by atoms with Gasteiger partial charge < -0.3 is 26.4 Å². The second kappa shape index (κ2) is 13.2. The van der Waals surface area contributed by atoms with Gasteiger partial charge in [-0.3, -0.25) is 19.2 Å². The number of amides is 3. The molecule has 0 aliphatic carbocycles. The van der Waals surface area contributed by atoms with Gasteiger partial charge in [0.25, 0.3) is 5.91 Å². The fourth-order valence-corrected chi connectivity index (χ4v) is 4.22. The standard InChI is InChI=1S/C24H29N5O5S/c30-20(31)14-26-21(32)17-11-7-2-1-3-8-12-25-22(33)19-15-35-24(29-19)28-18(23(34)27-17)13-16-9-5-4-6-10-16/h2,4-7,9-10,15,17-18H,1,3,8,11-14H2,(H,25,33)(H,26,32)(H,27,34)(H,28,29)(H,30,31)/b7-2+/t17?,18-/m1/s1. The van der Waals surface area contributed by atoms with Gasteiger partial charge in [-0.25, -0.2) is 4.98 Å². The molecule has 0 fully saturated rings. The van der Waals surface area contributed by atoms with Crippen LogP contribution in [0.3, 0.4) is 0 Å². The lowest BCUT2D eigenvalue weighted by molar-refractivity contribution is -0.138. The molecule has 1 unspecified atom stereocenters. The molecule has 2 aromatic rings. The average Bonchev–Trinajstić information content (AvgIpc) is 3.31. The van der Waals surface area contributed by atoms with Crippen LogP contribution in [0.15, 0.2) is 47.9 Å². The monoisotopic (exact) mass is 499 g/mol. The fourth-order valence-electron chi connectivity index (χ4n) is 3.47. The van der Waals surface area contributed by atoms with Crippen LogP contribution in [0.5, 0.6) is 0 Å². The minimum Gasteiger partial charge on any atom is -0.480 e. The lowest BCUT2D eigenvalue weighted by Crippen LogP contribution is -2.52. The van der Waals surface area contributed by atoms with Gasteiger partial charge >= 0.3 is 5.97 Å². The lowest BCUT2D eigenvalue weighted by atomic mass is 10.0. The van der Waals surface area contributed by atoms with Gasteiger partial charge in [0.15, 0.2) is 5.13 Å². The van der Waals surface area contributed by atoms with Crippen molar-refractivity contribution < 1.29 is 24.3 Å². The number of hydrogen-bond acceptors (Lipinski definition) is 7. The summed E-state index contributed by atoms with van der Waals surface area (Å²) in [4.78, 5) is 53.5. The first-order valence-corrected chi connectivity index (χ1v) is 12.3. The normalized spacial score (nSPS) is 20.5. The Morgan fingerprint density at radius 2 is 1.91 bits per heavy atom. The van der Waals surface area contributed by atoms with Crippen LogP contribution in [0.1, 0.15) is 41.7 Å². The summed E-state index contributed by atoms with van der Waals surface area (Å²) in [7, 11) is 0. The average molecular weight is 500 g/mol. The highest BCUT2D eigenvalue weighted by atomic mass is 32.1. The number of carboxylic acids is 1. The molecule has 2 atom stereocenters. The van der Waals surface area contributed by atoms with Crippen LogP contribution in [-0.2, 0) is 20.8 Å². The van der Waals surface area contributed by atoms with Crippen molar-refractivity contribution in [2.45, 2.75) is 44.2 Å². The number of aromatic nitrogens is 1. The first-order valence-electron chi connectivity index (χ1n) is 11.4. The minimum absolute atomic E-state index is 0.216. The number of carbonyl (C=O) groups excluding carboxylic acids is 3. The van der Waals surface area contributed by atoms with Crippen molar-refractivity contribution in [3.05, 3.63) is 59.1 Å². The highest BCUT2D eigenvalue weighted by Gasteiger charge is 2.26. The van der Waals surface area contributed by atoms with Crippen LogP contribution < -0.4 is 21.3 Å². The largest absolute Gasteiger partial charge is 0.480 e. The lowest BCUT2D eigenvalue weighted by Gasteiger charge is -2.22. The van der Waals surface area contributed by atoms with E-state index in [1.807, 2.05) is 36.4 Å². The molecule has 3 rings (SSSR count). The summed E-state index contributed by atoms with van der Waals surface area (Å²) in [6, 6.07) is 7.66. The van der Waals surface area contributed by atoms with Crippen molar-refractivity contribution in [1.82, 2.24) is 20.9 Å². The molecule has 5 N–H and O–H groups in total. The van der Waals surface area contributed by atoms with Gasteiger partial charge in [0.05, 0.1) is 0 Å². The Labute approximate surface area is 207 Å². The van der Waals surface area contributed by atoms with Crippen LogP contribution >= 0.6 is 11.3 Å². The highest BCUT2D eigenvalue weighted by molar-refractivity contribution is 7.13. The van der Waals surface area contributed by atoms with E-state index in [0.29, 0.717) is 18.1 Å². The molecule has 0 radical (unpaired) electrons. The van der Waals surface area contributed by atoms with Gasteiger partial charge in [0.2, 0.25) is 11.8 Å². The Hall–Kier alpha value is -3.73. The molecule has 11 heteroatoms. The van der Waals surface area contributed by atoms with Crippen molar-refractivity contribution >= 4 is 40.2 Å². The summed E-state index contributed by atoms with van der Waals surface area (Å²) in [5.74, 6) is -2.46. The molecule has 1 aromatic heterocycles. The molecule has 10 nitrogen and oxygen atoms in total. The maximum absolute atomic E-state index is 13.3. The summed E-state index contributed by atoms with van der Waals surface area (Å²) >= 11 is 1.21. The predicted octanol–water partition coefficient (Wildman–Crippen LogP) is 1.71. The van der Waals surface area contributed by atoms with E-state index in [0.717, 1.165) is 24.8 Å². The quantitative estimate of drug-likeness (QED) is 0.393. The number of hydrogen-bond donors (Lipinski definition) is 5. The van der Waals surface area contributed by atoms with Gasteiger partial charge in [-0.15, -0.1) is 11.3 Å². The number of rotatable bonds is 5. The molecule has 0 spiro atoms. The third-order valence-electron chi connectivity index (χ3n) is 5.30. The predicted molar refractivity (Wildman–Crippen MR) is 132 cm³/mol. The Morgan fingerprint density at radius 3 is 2.69 bits per heavy atom. The van der Waals surface area contributed by atoms with E-state index in [1.165, 1.54) is 11.3 Å². The number of benzene rings is 1. The molecule has 1 aliphatic rings. The number of carboxylic acid groups (broad SMARTS) is 1. The van der Waals surface area contributed by atoms with Gasteiger partial charge in [0.1, 0.15) is 24.3 Å². The van der Waals surface area contributed by atoms with Gasteiger partial charge in [-0.05, 0) is 31.2 Å². The van der Waals surface area contributed by atoms with Crippen molar-refractivity contribution in [2.24, 2.45) is 0 Å². The van der Waals surface area contributed by atoms with Gasteiger partial charge in [0, 0.05) is 18.3 Å².